The third-order valence-electron chi connectivity index (χ3n) is 3.80. The van der Waals surface area contributed by atoms with Crippen molar-refractivity contribution < 1.29 is 13.2 Å². The predicted molar refractivity (Wildman–Crippen MR) is 71.2 cm³/mol. The van der Waals surface area contributed by atoms with E-state index in [0.717, 1.165) is 12.5 Å². The highest BCUT2D eigenvalue weighted by Crippen LogP contribution is 2.33. The third kappa shape index (κ3) is 3.66. The van der Waals surface area contributed by atoms with Gasteiger partial charge in [0.15, 0.2) is 0 Å². The molecule has 20 heavy (non-hydrogen) atoms. The summed E-state index contributed by atoms with van der Waals surface area (Å²) >= 11 is 0. The molecule has 1 aliphatic rings. The van der Waals surface area contributed by atoms with Gasteiger partial charge in [-0.3, -0.25) is 0 Å². The summed E-state index contributed by atoms with van der Waals surface area (Å²) in [6.45, 7) is 0.674. The monoisotopic (exact) mass is 282 g/mol. The summed E-state index contributed by atoms with van der Waals surface area (Å²) in [4.78, 5) is 0. The Labute approximate surface area is 116 Å². The fourth-order valence-corrected chi connectivity index (χ4v) is 2.71. The van der Waals surface area contributed by atoms with Crippen LogP contribution in [0.25, 0.3) is 0 Å². The van der Waals surface area contributed by atoms with Crippen LogP contribution < -0.4 is 5.32 Å². The van der Waals surface area contributed by atoms with Crippen LogP contribution in [-0.4, -0.2) is 6.54 Å². The Balaban J connectivity index is 2.00. The van der Waals surface area contributed by atoms with E-state index in [4.69, 9.17) is 5.26 Å². The largest absolute Gasteiger partial charge is 0.417 e. The van der Waals surface area contributed by atoms with E-state index in [1.54, 1.807) is 6.07 Å². The van der Waals surface area contributed by atoms with Gasteiger partial charge in [0, 0.05) is 12.2 Å². The molecule has 1 saturated carbocycles. The second-order valence-corrected chi connectivity index (χ2v) is 5.24. The highest BCUT2D eigenvalue weighted by Gasteiger charge is 2.33. The topological polar surface area (TPSA) is 35.8 Å². The summed E-state index contributed by atoms with van der Waals surface area (Å²) in [5.74, 6) is 0.697. The number of hydrogen-bond donors (Lipinski definition) is 1. The first-order chi connectivity index (χ1) is 9.50. The van der Waals surface area contributed by atoms with E-state index in [9.17, 15) is 13.2 Å². The van der Waals surface area contributed by atoms with Crippen molar-refractivity contribution in [3.05, 3.63) is 29.3 Å². The molecule has 1 fully saturated rings. The number of benzene rings is 1. The molecule has 1 aromatic carbocycles. The van der Waals surface area contributed by atoms with E-state index in [1.807, 2.05) is 0 Å². The van der Waals surface area contributed by atoms with E-state index in [0.29, 0.717) is 18.2 Å². The van der Waals surface area contributed by atoms with Crippen molar-refractivity contribution in [2.45, 2.75) is 38.3 Å². The fraction of sp³-hybridized carbons (Fsp3) is 0.533. The van der Waals surface area contributed by atoms with Crippen molar-refractivity contribution in [3.8, 4) is 6.07 Å². The molecule has 0 bridgehead atoms. The molecular weight excluding hydrogens is 265 g/mol. The number of anilines is 1. The molecule has 1 N–H and O–H groups in total. The maximum absolute atomic E-state index is 12.8. The number of hydrogen-bond acceptors (Lipinski definition) is 2. The highest BCUT2D eigenvalue weighted by molar-refractivity contribution is 5.53. The lowest BCUT2D eigenvalue weighted by Gasteiger charge is -2.13. The molecule has 2 rings (SSSR count). The minimum atomic E-state index is -4.49. The molecule has 108 valence electrons. The average Bonchev–Trinajstić information content (AvgIpc) is 2.91. The van der Waals surface area contributed by atoms with Gasteiger partial charge in [-0.1, -0.05) is 25.7 Å². The lowest BCUT2D eigenvalue weighted by atomic mass is 10.0. The Bertz CT molecular complexity index is 497. The minimum absolute atomic E-state index is 0.334. The van der Waals surface area contributed by atoms with Gasteiger partial charge in [0.2, 0.25) is 0 Å². The predicted octanol–water partition coefficient (Wildman–Crippen LogP) is 4.57. The molecule has 0 heterocycles. The van der Waals surface area contributed by atoms with Crippen LogP contribution in [-0.2, 0) is 6.18 Å². The zero-order valence-corrected chi connectivity index (χ0v) is 11.1. The maximum Gasteiger partial charge on any atom is 0.417 e. The standard InChI is InChI=1S/C15H17F3N2/c16-15(17,18)14-9-13(6-5-12(14)10-19)20-8-7-11-3-1-2-4-11/h5-6,9,11,20H,1-4,7-8H2. The van der Waals surface area contributed by atoms with Crippen molar-refractivity contribution >= 4 is 5.69 Å². The first kappa shape index (κ1) is 14.7. The van der Waals surface area contributed by atoms with Gasteiger partial charge in [-0.15, -0.1) is 0 Å². The molecule has 5 heteroatoms. The van der Waals surface area contributed by atoms with Crippen LogP contribution in [0, 0.1) is 17.2 Å². The zero-order valence-electron chi connectivity index (χ0n) is 11.1. The SMILES string of the molecule is N#Cc1ccc(NCCC2CCCC2)cc1C(F)(F)F. The highest BCUT2D eigenvalue weighted by atomic mass is 19.4. The van der Waals surface area contributed by atoms with Gasteiger partial charge >= 0.3 is 6.18 Å². The summed E-state index contributed by atoms with van der Waals surface area (Å²) in [7, 11) is 0. The van der Waals surface area contributed by atoms with Crippen molar-refractivity contribution in [1.82, 2.24) is 0 Å². The van der Waals surface area contributed by atoms with Gasteiger partial charge in [-0.05, 0) is 30.5 Å². The Morgan fingerprint density at radius 1 is 1.25 bits per heavy atom. The lowest BCUT2D eigenvalue weighted by Crippen LogP contribution is -2.11. The van der Waals surface area contributed by atoms with Gasteiger partial charge in [0.05, 0.1) is 17.2 Å². The summed E-state index contributed by atoms with van der Waals surface area (Å²) in [5.41, 5.74) is -0.779. The van der Waals surface area contributed by atoms with Crippen molar-refractivity contribution in [2.75, 3.05) is 11.9 Å². The number of nitrogens with one attached hydrogen (secondary N) is 1. The zero-order chi connectivity index (χ0) is 14.6. The van der Waals surface area contributed by atoms with E-state index >= 15 is 0 Å². The Morgan fingerprint density at radius 3 is 2.55 bits per heavy atom. The molecule has 1 aliphatic carbocycles. The summed E-state index contributed by atoms with van der Waals surface area (Å²) in [6, 6.07) is 5.36. The first-order valence-electron chi connectivity index (χ1n) is 6.86. The lowest BCUT2D eigenvalue weighted by molar-refractivity contribution is -0.137. The second-order valence-electron chi connectivity index (χ2n) is 5.24. The van der Waals surface area contributed by atoms with Crippen LogP contribution in [0.15, 0.2) is 18.2 Å². The molecule has 0 aromatic heterocycles. The van der Waals surface area contributed by atoms with Crippen LogP contribution >= 0.6 is 0 Å². The minimum Gasteiger partial charge on any atom is -0.385 e. The Morgan fingerprint density at radius 2 is 1.95 bits per heavy atom. The van der Waals surface area contributed by atoms with Gasteiger partial charge in [-0.2, -0.15) is 18.4 Å². The number of nitrogens with zero attached hydrogens (tertiary/aromatic N) is 1. The molecule has 0 unspecified atom stereocenters. The normalized spacial score (nSPS) is 16.1. The van der Waals surface area contributed by atoms with Gasteiger partial charge < -0.3 is 5.32 Å². The van der Waals surface area contributed by atoms with Crippen LogP contribution in [0.5, 0.6) is 0 Å². The number of alkyl halides is 3. The van der Waals surface area contributed by atoms with Gasteiger partial charge in [0.1, 0.15) is 0 Å². The number of nitriles is 1. The Kier molecular flexibility index (Phi) is 4.53. The van der Waals surface area contributed by atoms with Crippen molar-refractivity contribution in [3.63, 3.8) is 0 Å². The molecule has 0 aliphatic heterocycles. The van der Waals surface area contributed by atoms with Gasteiger partial charge in [-0.25, -0.2) is 0 Å². The molecule has 0 spiro atoms. The molecule has 0 saturated heterocycles. The molecule has 1 aromatic rings. The first-order valence-corrected chi connectivity index (χ1v) is 6.86. The van der Waals surface area contributed by atoms with E-state index < -0.39 is 11.7 Å². The quantitative estimate of drug-likeness (QED) is 0.878. The molecular formula is C15H17F3N2. The smallest absolute Gasteiger partial charge is 0.385 e. The van der Waals surface area contributed by atoms with E-state index in [1.165, 1.54) is 37.8 Å². The third-order valence-corrected chi connectivity index (χ3v) is 3.80. The number of rotatable bonds is 4. The average molecular weight is 282 g/mol. The Hall–Kier alpha value is -1.70. The molecule has 0 amide bonds. The summed E-state index contributed by atoms with van der Waals surface area (Å²) in [6.07, 6.45) is 1.47. The summed E-state index contributed by atoms with van der Waals surface area (Å²) < 4.78 is 38.4. The van der Waals surface area contributed by atoms with Crippen LogP contribution in [0.4, 0.5) is 18.9 Å². The molecule has 0 radical (unpaired) electrons. The molecule has 0 atom stereocenters. The van der Waals surface area contributed by atoms with Crippen LogP contribution in [0.1, 0.15) is 43.2 Å². The van der Waals surface area contributed by atoms with E-state index in [-0.39, 0.29) is 5.56 Å². The van der Waals surface area contributed by atoms with Crippen LogP contribution in [0.2, 0.25) is 0 Å². The number of halogens is 3. The van der Waals surface area contributed by atoms with Gasteiger partial charge in [0.25, 0.3) is 0 Å². The van der Waals surface area contributed by atoms with Crippen molar-refractivity contribution in [2.24, 2.45) is 5.92 Å². The van der Waals surface area contributed by atoms with Crippen LogP contribution in [0.3, 0.4) is 0 Å². The summed E-state index contributed by atoms with van der Waals surface area (Å²) in [5, 5.41) is 11.7. The maximum atomic E-state index is 12.8. The molecule has 2 nitrogen and oxygen atoms in total. The van der Waals surface area contributed by atoms with E-state index in [2.05, 4.69) is 5.32 Å². The van der Waals surface area contributed by atoms with Crippen molar-refractivity contribution in [1.29, 1.82) is 5.26 Å². The second kappa shape index (κ2) is 6.17. The fourth-order valence-electron chi connectivity index (χ4n) is 2.71.